The van der Waals surface area contributed by atoms with Crippen LogP contribution in [-0.4, -0.2) is 17.6 Å². The van der Waals surface area contributed by atoms with Crippen molar-refractivity contribution in [3.05, 3.63) is 88.5 Å². The van der Waals surface area contributed by atoms with Crippen LogP contribution in [0.5, 0.6) is 0 Å². The molecule has 0 saturated heterocycles. The van der Waals surface area contributed by atoms with Crippen molar-refractivity contribution in [1.82, 2.24) is 5.32 Å². The normalized spacial score (nSPS) is 15.9. The predicted molar refractivity (Wildman–Crippen MR) is 134 cm³/mol. The zero-order chi connectivity index (χ0) is 23.4. The minimum absolute atomic E-state index is 0.0899. The van der Waals surface area contributed by atoms with Crippen molar-refractivity contribution >= 4 is 40.0 Å². The second-order valence-corrected chi connectivity index (χ2v) is 9.37. The lowest BCUT2D eigenvalue weighted by atomic mass is 9.86. The van der Waals surface area contributed by atoms with Crippen LogP contribution in [0.25, 0.3) is 10.8 Å². The number of amides is 2. The summed E-state index contributed by atoms with van der Waals surface area (Å²) in [5.74, 6) is -0.155. The van der Waals surface area contributed by atoms with E-state index in [0.29, 0.717) is 22.2 Å². The summed E-state index contributed by atoms with van der Waals surface area (Å²) in [5.41, 5.74) is 3.35. The zero-order valence-electron chi connectivity index (χ0n) is 18.6. The summed E-state index contributed by atoms with van der Waals surface area (Å²) < 4.78 is 0. The molecule has 2 amide bonds. The SMILES string of the molecule is CC(C)c1ccc([C@@H]2CC(=O)NC(SCC(=O)Nc3ccc4ccccc4c3)=C2C#N)cc1. The monoisotopic (exact) mass is 455 g/mol. The maximum atomic E-state index is 12.6. The summed E-state index contributed by atoms with van der Waals surface area (Å²) in [5, 5.41) is 18.1. The Bertz CT molecular complexity index is 1270. The van der Waals surface area contributed by atoms with Gasteiger partial charge in [-0.05, 0) is 39.9 Å². The summed E-state index contributed by atoms with van der Waals surface area (Å²) in [7, 11) is 0. The van der Waals surface area contributed by atoms with Gasteiger partial charge in [-0.3, -0.25) is 9.59 Å². The first-order chi connectivity index (χ1) is 15.9. The van der Waals surface area contributed by atoms with Crippen LogP contribution < -0.4 is 10.6 Å². The summed E-state index contributed by atoms with van der Waals surface area (Å²) in [6, 6.07) is 24.0. The molecule has 0 spiro atoms. The molecule has 0 fully saturated rings. The minimum Gasteiger partial charge on any atom is -0.325 e. The van der Waals surface area contributed by atoms with Gasteiger partial charge in [0.2, 0.25) is 11.8 Å². The van der Waals surface area contributed by atoms with E-state index in [1.807, 2.05) is 66.7 Å². The molecule has 1 aliphatic rings. The van der Waals surface area contributed by atoms with Gasteiger partial charge in [0.15, 0.2) is 0 Å². The highest BCUT2D eigenvalue weighted by atomic mass is 32.2. The van der Waals surface area contributed by atoms with Crippen LogP contribution in [0, 0.1) is 11.3 Å². The van der Waals surface area contributed by atoms with Crippen molar-refractivity contribution in [3.63, 3.8) is 0 Å². The first kappa shape index (κ1) is 22.6. The fourth-order valence-electron chi connectivity index (χ4n) is 3.93. The van der Waals surface area contributed by atoms with Gasteiger partial charge in [-0.25, -0.2) is 0 Å². The maximum absolute atomic E-state index is 12.6. The van der Waals surface area contributed by atoms with Crippen molar-refractivity contribution in [3.8, 4) is 6.07 Å². The highest BCUT2D eigenvalue weighted by molar-refractivity contribution is 8.03. The van der Waals surface area contributed by atoms with E-state index >= 15 is 0 Å². The molecule has 1 aliphatic heterocycles. The second kappa shape index (κ2) is 9.93. The van der Waals surface area contributed by atoms with Crippen molar-refractivity contribution < 1.29 is 9.59 Å². The lowest BCUT2D eigenvalue weighted by Crippen LogP contribution is -2.31. The smallest absolute Gasteiger partial charge is 0.234 e. The number of allylic oxidation sites excluding steroid dienone is 1. The molecule has 3 aromatic carbocycles. The second-order valence-electron chi connectivity index (χ2n) is 8.38. The Morgan fingerprint density at radius 2 is 1.85 bits per heavy atom. The van der Waals surface area contributed by atoms with Crippen molar-refractivity contribution in [2.45, 2.75) is 32.1 Å². The van der Waals surface area contributed by atoms with E-state index in [4.69, 9.17) is 0 Å². The number of fused-ring (bicyclic) bond motifs is 1. The summed E-state index contributed by atoms with van der Waals surface area (Å²) >= 11 is 1.18. The van der Waals surface area contributed by atoms with Crippen molar-refractivity contribution in [1.29, 1.82) is 5.26 Å². The van der Waals surface area contributed by atoms with E-state index in [0.717, 1.165) is 16.3 Å². The summed E-state index contributed by atoms with van der Waals surface area (Å²) in [4.78, 5) is 25.0. The van der Waals surface area contributed by atoms with Crippen molar-refractivity contribution in [2.24, 2.45) is 0 Å². The van der Waals surface area contributed by atoms with Crippen LogP contribution >= 0.6 is 11.8 Å². The number of hydrogen-bond acceptors (Lipinski definition) is 4. The Hall–Kier alpha value is -3.56. The fourth-order valence-corrected chi connectivity index (χ4v) is 4.81. The maximum Gasteiger partial charge on any atom is 0.234 e. The molecular weight excluding hydrogens is 430 g/mol. The third-order valence-electron chi connectivity index (χ3n) is 5.74. The number of carbonyl (C=O) groups is 2. The third kappa shape index (κ3) is 5.27. The summed E-state index contributed by atoms with van der Waals surface area (Å²) in [6.07, 6.45) is 0.220. The number of rotatable bonds is 6. The molecule has 0 aromatic heterocycles. The average molecular weight is 456 g/mol. The molecule has 0 aliphatic carbocycles. The van der Waals surface area contributed by atoms with Gasteiger partial charge in [0.05, 0.1) is 22.4 Å². The quantitative estimate of drug-likeness (QED) is 0.501. The van der Waals surface area contributed by atoms with Crippen LogP contribution in [0.2, 0.25) is 0 Å². The number of benzene rings is 3. The van der Waals surface area contributed by atoms with E-state index in [9.17, 15) is 14.9 Å². The number of nitrogens with one attached hydrogen (secondary N) is 2. The molecule has 4 rings (SSSR count). The zero-order valence-corrected chi connectivity index (χ0v) is 19.4. The highest BCUT2D eigenvalue weighted by Crippen LogP contribution is 2.36. The van der Waals surface area contributed by atoms with Crippen LogP contribution in [0.4, 0.5) is 5.69 Å². The van der Waals surface area contributed by atoms with E-state index < -0.39 is 0 Å². The molecule has 0 unspecified atom stereocenters. The van der Waals surface area contributed by atoms with Gasteiger partial charge < -0.3 is 10.6 Å². The van der Waals surface area contributed by atoms with Gasteiger partial charge in [-0.2, -0.15) is 5.26 Å². The Morgan fingerprint density at radius 1 is 1.12 bits per heavy atom. The largest absolute Gasteiger partial charge is 0.325 e. The Balaban J connectivity index is 1.48. The Morgan fingerprint density at radius 3 is 2.55 bits per heavy atom. The van der Waals surface area contributed by atoms with E-state index in [2.05, 4.69) is 30.6 Å². The molecule has 6 heteroatoms. The molecule has 3 aromatic rings. The first-order valence-electron chi connectivity index (χ1n) is 10.9. The van der Waals surface area contributed by atoms with Crippen molar-refractivity contribution in [2.75, 3.05) is 11.1 Å². The number of thioether (sulfide) groups is 1. The Kier molecular flexibility index (Phi) is 6.81. The number of hydrogen-bond donors (Lipinski definition) is 2. The average Bonchev–Trinajstić information content (AvgIpc) is 2.82. The predicted octanol–water partition coefficient (Wildman–Crippen LogP) is 5.67. The third-order valence-corrected chi connectivity index (χ3v) is 6.76. The number of anilines is 1. The van der Waals surface area contributed by atoms with Gasteiger partial charge in [0, 0.05) is 18.0 Å². The molecule has 166 valence electrons. The molecule has 33 heavy (non-hydrogen) atoms. The van der Waals surface area contributed by atoms with Gasteiger partial charge in [0.1, 0.15) is 0 Å². The molecule has 1 heterocycles. The molecular formula is C27H25N3O2S. The van der Waals surface area contributed by atoms with Crippen LogP contribution in [0.1, 0.15) is 43.2 Å². The van der Waals surface area contributed by atoms with Gasteiger partial charge in [-0.15, -0.1) is 0 Å². The van der Waals surface area contributed by atoms with Crippen LogP contribution in [-0.2, 0) is 9.59 Å². The number of carbonyl (C=O) groups excluding carboxylic acids is 2. The van der Waals surface area contributed by atoms with E-state index in [-0.39, 0.29) is 29.9 Å². The van der Waals surface area contributed by atoms with Gasteiger partial charge >= 0.3 is 0 Å². The van der Waals surface area contributed by atoms with Gasteiger partial charge in [0.25, 0.3) is 0 Å². The molecule has 0 radical (unpaired) electrons. The molecule has 0 bridgehead atoms. The number of nitriles is 1. The Labute approximate surface area is 197 Å². The van der Waals surface area contributed by atoms with Crippen LogP contribution in [0.15, 0.2) is 77.3 Å². The van der Waals surface area contributed by atoms with E-state index in [1.165, 1.54) is 17.3 Å². The topological polar surface area (TPSA) is 82.0 Å². The first-order valence-corrected chi connectivity index (χ1v) is 11.9. The van der Waals surface area contributed by atoms with Crippen LogP contribution in [0.3, 0.4) is 0 Å². The highest BCUT2D eigenvalue weighted by Gasteiger charge is 2.30. The lowest BCUT2D eigenvalue weighted by molar-refractivity contribution is -0.121. The standard InChI is InChI=1S/C27H25N3O2S/c1-17(2)18-7-9-20(10-8-18)23-14-25(31)30-27(24(23)15-28)33-16-26(32)29-22-12-11-19-5-3-4-6-21(19)13-22/h3-13,17,23H,14,16H2,1-2H3,(H,29,32)(H,30,31)/t23-/m0/s1. The van der Waals surface area contributed by atoms with E-state index in [1.54, 1.807) is 0 Å². The molecule has 2 N–H and O–H groups in total. The lowest BCUT2D eigenvalue weighted by Gasteiger charge is -2.25. The minimum atomic E-state index is -0.309. The number of nitrogens with zero attached hydrogens (tertiary/aromatic N) is 1. The molecule has 0 saturated carbocycles. The molecule has 5 nitrogen and oxygen atoms in total. The molecule has 1 atom stereocenters. The summed E-state index contributed by atoms with van der Waals surface area (Å²) in [6.45, 7) is 4.25. The van der Waals surface area contributed by atoms with Gasteiger partial charge in [-0.1, -0.05) is 80.2 Å². The fraction of sp³-hybridized carbons (Fsp3) is 0.222.